The fourth-order valence-electron chi connectivity index (χ4n) is 4.27. The van der Waals surface area contributed by atoms with Gasteiger partial charge >= 0.3 is 0 Å². The number of rotatable bonds is 2. The quantitative estimate of drug-likeness (QED) is 0.716. The van der Waals surface area contributed by atoms with Crippen LogP contribution in [0.4, 0.5) is 0 Å². The summed E-state index contributed by atoms with van der Waals surface area (Å²) in [5.41, 5.74) is -0.402. The lowest BCUT2D eigenvalue weighted by atomic mass is 9.81. The minimum atomic E-state index is -0.402. The van der Waals surface area contributed by atoms with Gasteiger partial charge in [0.1, 0.15) is 6.54 Å². The van der Waals surface area contributed by atoms with Gasteiger partial charge in [0.25, 0.3) is 0 Å². The van der Waals surface area contributed by atoms with E-state index in [9.17, 15) is 14.4 Å². The molecule has 2 saturated heterocycles. The van der Waals surface area contributed by atoms with Crippen molar-refractivity contribution < 1.29 is 19.1 Å². The van der Waals surface area contributed by atoms with Crippen LogP contribution in [0.25, 0.3) is 0 Å². The summed E-state index contributed by atoms with van der Waals surface area (Å²) >= 11 is 0. The van der Waals surface area contributed by atoms with Gasteiger partial charge in [0.2, 0.25) is 17.7 Å². The number of imide groups is 1. The number of carbonyl (C=O) groups excluding carboxylic acids is 3. The van der Waals surface area contributed by atoms with E-state index in [-0.39, 0.29) is 42.2 Å². The van der Waals surface area contributed by atoms with Crippen LogP contribution in [0.2, 0.25) is 0 Å². The van der Waals surface area contributed by atoms with Gasteiger partial charge in [0, 0.05) is 13.1 Å². The van der Waals surface area contributed by atoms with Gasteiger partial charge in [-0.2, -0.15) is 0 Å². The zero-order valence-electron chi connectivity index (χ0n) is 14.2. The number of nitrogens with zero attached hydrogens (tertiary/aromatic N) is 2. The first-order valence-electron chi connectivity index (χ1n) is 8.59. The molecule has 3 rings (SSSR count). The molecule has 0 radical (unpaired) electrons. The van der Waals surface area contributed by atoms with Crippen LogP contribution >= 0.6 is 0 Å². The highest BCUT2D eigenvalue weighted by atomic mass is 16.5. The average molecular weight is 322 g/mol. The third kappa shape index (κ3) is 3.13. The Morgan fingerprint density at radius 2 is 1.74 bits per heavy atom. The molecule has 2 heterocycles. The summed E-state index contributed by atoms with van der Waals surface area (Å²) in [4.78, 5) is 40.5. The Bertz CT molecular complexity index is 507. The molecule has 3 atom stereocenters. The summed E-state index contributed by atoms with van der Waals surface area (Å²) in [6, 6.07) is 0. The van der Waals surface area contributed by atoms with Gasteiger partial charge in [0.05, 0.1) is 23.5 Å². The van der Waals surface area contributed by atoms with Crippen molar-refractivity contribution in [1.82, 2.24) is 9.80 Å². The van der Waals surface area contributed by atoms with Crippen molar-refractivity contribution in [2.75, 3.05) is 19.6 Å². The van der Waals surface area contributed by atoms with Crippen LogP contribution in [0.1, 0.15) is 46.5 Å². The predicted molar refractivity (Wildman–Crippen MR) is 83.4 cm³/mol. The molecule has 0 bridgehead atoms. The van der Waals surface area contributed by atoms with Gasteiger partial charge in [-0.3, -0.25) is 19.3 Å². The van der Waals surface area contributed by atoms with Gasteiger partial charge in [-0.15, -0.1) is 0 Å². The predicted octanol–water partition coefficient (Wildman–Crippen LogP) is 1.19. The highest BCUT2D eigenvalue weighted by Crippen LogP contribution is 2.38. The van der Waals surface area contributed by atoms with Crippen molar-refractivity contribution in [3.63, 3.8) is 0 Å². The molecule has 3 fully saturated rings. The number of fused-ring (bicyclic) bond motifs is 1. The molecule has 0 spiro atoms. The standard InChI is InChI=1S/C17H26N2O4/c1-11-8-18(10-17(2,3)23-11)14(20)9-19-15(21)12-6-4-5-7-13(12)16(19)22/h11-13H,4-10H2,1-3H3. The van der Waals surface area contributed by atoms with Crippen molar-refractivity contribution in [3.8, 4) is 0 Å². The van der Waals surface area contributed by atoms with E-state index >= 15 is 0 Å². The summed E-state index contributed by atoms with van der Waals surface area (Å²) < 4.78 is 5.80. The zero-order chi connectivity index (χ0) is 16.8. The molecular weight excluding hydrogens is 296 g/mol. The lowest BCUT2D eigenvalue weighted by Gasteiger charge is -2.42. The Morgan fingerprint density at radius 1 is 1.17 bits per heavy atom. The number of ether oxygens (including phenoxy) is 1. The lowest BCUT2D eigenvalue weighted by Crippen LogP contribution is -2.56. The van der Waals surface area contributed by atoms with Gasteiger partial charge < -0.3 is 9.64 Å². The van der Waals surface area contributed by atoms with Gasteiger partial charge in [-0.25, -0.2) is 0 Å². The second-order valence-electron chi connectivity index (χ2n) is 7.72. The molecular formula is C17H26N2O4. The summed E-state index contributed by atoms with van der Waals surface area (Å²) in [6.07, 6.45) is 3.51. The maximum absolute atomic E-state index is 12.6. The molecule has 3 amide bonds. The Hall–Kier alpha value is -1.43. The van der Waals surface area contributed by atoms with E-state index in [2.05, 4.69) is 0 Å². The van der Waals surface area contributed by atoms with E-state index in [1.54, 1.807) is 4.90 Å². The molecule has 0 aromatic rings. The molecule has 6 heteroatoms. The van der Waals surface area contributed by atoms with Crippen molar-refractivity contribution in [2.24, 2.45) is 11.8 Å². The molecule has 3 unspecified atom stereocenters. The second-order valence-corrected chi connectivity index (χ2v) is 7.72. The largest absolute Gasteiger partial charge is 0.369 e. The fraction of sp³-hybridized carbons (Fsp3) is 0.824. The van der Waals surface area contributed by atoms with E-state index in [0.717, 1.165) is 25.7 Å². The summed E-state index contributed by atoms with van der Waals surface area (Å²) in [5, 5.41) is 0. The topological polar surface area (TPSA) is 66.9 Å². The smallest absolute Gasteiger partial charge is 0.242 e. The molecule has 23 heavy (non-hydrogen) atoms. The molecule has 0 N–H and O–H groups in total. The van der Waals surface area contributed by atoms with E-state index in [1.807, 2.05) is 20.8 Å². The molecule has 6 nitrogen and oxygen atoms in total. The van der Waals surface area contributed by atoms with Gasteiger partial charge in [0.15, 0.2) is 0 Å². The maximum atomic E-state index is 12.6. The van der Waals surface area contributed by atoms with E-state index in [1.165, 1.54) is 4.90 Å². The monoisotopic (exact) mass is 322 g/mol. The van der Waals surface area contributed by atoms with Crippen LogP contribution < -0.4 is 0 Å². The lowest BCUT2D eigenvalue weighted by molar-refractivity contribution is -0.161. The van der Waals surface area contributed by atoms with Crippen LogP contribution in [-0.4, -0.2) is 58.9 Å². The number of hydrogen-bond acceptors (Lipinski definition) is 4. The summed E-state index contributed by atoms with van der Waals surface area (Å²) in [5.74, 6) is -0.830. The number of likely N-dealkylation sites (tertiary alicyclic amines) is 1. The van der Waals surface area contributed by atoms with Crippen molar-refractivity contribution >= 4 is 17.7 Å². The number of carbonyl (C=O) groups is 3. The molecule has 1 saturated carbocycles. The zero-order valence-corrected chi connectivity index (χ0v) is 14.2. The Labute approximate surface area is 137 Å². The molecule has 3 aliphatic rings. The van der Waals surface area contributed by atoms with E-state index in [4.69, 9.17) is 4.74 Å². The molecule has 0 aromatic heterocycles. The van der Waals surface area contributed by atoms with Crippen molar-refractivity contribution in [2.45, 2.75) is 58.2 Å². The number of amides is 3. The highest BCUT2D eigenvalue weighted by molar-refractivity contribution is 6.07. The van der Waals surface area contributed by atoms with Crippen LogP contribution in [-0.2, 0) is 19.1 Å². The van der Waals surface area contributed by atoms with Crippen molar-refractivity contribution in [3.05, 3.63) is 0 Å². The van der Waals surface area contributed by atoms with Crippen LogP contribution in [0.5, 0.6) is 0 Å². The molecule has 0 aromatic carbocycles. The third-order valence-corrected chi connectivity index (χ3v) is 5.15. The average Bonchev–Trinajstić information content (AvgIpc) is 2.71. The van der Waals surface area contributed by atoms with E-state index in [0.29, 0.717) is 13.1 Å². The molecule has 2 aliphatic heterocycles. The highest BCUT2D eigenvalue weighted by Gasteiger charge is 2.49. The summed E-state index contributed by atoms with van der Waals surface area (Å²) in [6.45, 7) is 6.70. The Morgan fingerprint density at radius 3 is 2.26 bits per heavy atom. The Kier molecular flexibility index (Phi) is 4.21. The SMILES string of the molecule is CC1CN(C(=O)CN2C(=O)C3CCCCC3C2=O)CC(C)(C)O1. The second kappa shape index (κ2) is 5.89. The first-order chi connectivity index (χ1) is 10.8. The van der Waals surface area contributed by atoms with Gasteiger partial charge in [-0.05, 0) is 33.6 Å². The minimum Gasteiger partial charge on any atom is -0.369 e. The minimum absolute atomic E-state index is 0.0461. The first-order valence-corrected chi connectivity index (χ1v) is 8.59. The third-order valence-electron chi connectivity index (χ3n) is 5.15. The van der Waals surface area contributed by atoms with E-state index < -0.39 is 5.60 Å². The summed E-state index contributed by atoms with van der Waals surface area (Å²) in [7, 11) is 0. The molecule has 128 valence electrons. The fourth-order valence-corrected chi connectivity index (χ4v) is 4.27. The maximum Gasteiger partial charge on any atom is 0.242 e. The number of hydrogen-bond donors (Lipinski definition) is 0. The van der Waals surface area contributed by atoms with Crippen LogP contribution in [0.15, 0.2) is 0 Å². The number of morpholine rings is 1. The normalized spacial score (nSPS) is 33.8. The van der Waals surface area contributed by atoms with Crippen LogP contribution in [0.3, 0.4) is 0 Å². The van der Waals surface area contributed by atoms with Gasteiger partial charge in [-0.1, -0.05) is 12.8 Å². The Balaban J connectivity index is 1.68. The van der Waals surface area contributed by atoms with Crippen LogP contribution in [0, 0.1) is 11.8 Å². The first kappa shape index (κ1) is 16.4. The van der Waals surface area contributed by atoms with Crippen molar-refractivity contribution in [1.29, 1.82) is 0 Å². The molecule has 1 aliphatic carbocycles.